The number of piperazine rings is 1. The lowest BCUT2D eigenvalue weighted by atomic mass is 10.1. The first-order valence-electron chi connectivity index (χ1n) is 10.6. The molecule has 0 unspecified atom stereocenters. The molecule has 31 heavy (non-hydrogen) atoms. The third kappa shape index (κ3) is 5.13. The highest BCUT2D eigenvalue weighted by Gasteiger charge is 2.29. The van der Waals surface area contributed by atoms with Crippen LogP contribution in [0.4, 0.5) is 5.69 Å². The quantitative estimate of drug-likeness (QED) is 0.566. The fourth-order valence-corrected chi connectivity index (χ4v) is 3.93. The van der Waals surface area contributed by atoms with Crippen molar-refractivity contribution >= 4 is 29.1 Å². The summed E-state index contributed by atoms with van der Waals surface area (Å²) in [7, 11) is 0. The number of hydrogen-bond acceptors (Lipinski definition) is 7. The van der Waals surface area contributed by atoms with Gasteiger partial charge in [0.1, 0.15) is 18.0 Å². The number of nitrogens with zero attached hydrogens (tertiary/aromatic N) is 3. The number of ether oxygens (including phenoxy) is 1. The van der Waals surface area contributed by atoms with Crippen molar-refractivity contribution in [2.75, 3.05) is 44.2 Å². The van der Waals surface area contributed by atoms with E-state index >= 15 is 0 Å². The van der Waals surface area contributed by atoms with Gasteiger partial charge in [-0.2, -0.15) is 0 Å². The third-order valence-electron chi connectivity index (χ3n) is 5.86. The van der Waals surface area contributed by atoms with Crippen molar-refractivity contribution < 1.29 is 19.1 Å². The van der Waals surface area contributed by atoms with E-state index in [9.17, 15) is 14.4 Å². The Morgan fingerprint density at radius 3 is 2.52 bits per heavy atom. The van der Waals surface area contributed by atoms with Gasteiger partial charge in [0, 0.05) is 56.0 Å². The molecule has 0 atom stereocenters. The Morgan fingerprint density at radius 1 is 1.13 bits per heavy atom. The minimum Gasteiger partial charge on any atom is -0.461 e. The number of hydrogen-bond donors (Lipinski definition) is 1. The summed E-state index contributed by atoms with van der Waals surface area (Å²) in [6.45, 7) is 8.78. The Bertz CT molecular complexity index is 943. The highest BCUT2D eigenvalue weighted by molar-refractivity contribution is 6.21. The predicted molar refractivity (Wildman–Crippen MR) is 119 cm³/mol. The zero-order valence-electron chi connectivity index (χ0n) is 18.4. The number of aryl methyl sites for hydroxylation is 1. The molecule has 8 heteroatoms. The van der Waals surface area contributed by atoms with E-state index < -0.39 is 5.97 Å². The number of amides is 1. The fraction of sp³-hybridized carbons (Fsp3) is 0.478. The molecular formula is C23H30N4O4. The van der Waals surface area contributed by atoms with Crippen molar-refractivity contribution in [1.29, 1.82) is 0 Å². The van der Waals surface area contributed by atoms with Gasteiger partial charge in [0.25, 0.3) is 0 Å². The molecule has 1 aromatic carbocycles. The Labute approximate surface area is 182 Å². The van der Waals surface area contributed by atoms with Crippen molar-refractivity contribution in [3.8, 4) is 0 Å². The number of esters is 1. The maximum Gasteiger partial charge on any atom is 0.354 e. The van der Waals surface area contributed by atoms with Gasteiger partial charge in [-0.15, -0.1) is 0 Å². The molecule has 2 N–H and O–H groups in total. The van der Waals surface area contributed by atoms with Crippen LogP contribution in [0.15, 0.2) is 34.5 Å². The molecule has 1 aliphatic carbocycles. The number of anilines is 1. The molecule has 8 nitrogen and oxygen atoms in total. The molecule has 1 aromatic rings. The van der Waals surface area contributed by atoms with E-state index in [1.165, 1.54) is 16.8 Å². The second-order valence-corrected chi connectivity index (χ2v) is 7.85. The topological polar surface area (TPSA) is 105 Å². The molecule has 1 heterocycles. The summed E-state index contributed by atoms with van der Waals surface area (Å²) < 4.78 is 4.91. The van der Waals surface area contributed by atoms with Crippen molar-refractivity contribution in [3.63, 3.8) is 0 Å². The molecule has 1 saturated carbocycles. The number of benzene rings is 1. The lowest BCUT2D eigenvalue weighted by Crippen LogP contribution is -2.49. The molecule has 0 spiro atoms. The molecule has 2 aliphatic rings. The van der Waals surface area contributed by atoms with Gasteiger partial charge in [-0.05, 0) is 38.0 Å². The van der Waals surface area contributed by atoms with Gasteiger partial charge < -0.3 is 20.3 Å². The second kappa shape index (κ2) is 9.76. The zero-order valence-corrected chi connectivity index (χ0v) is 18.4. The lowest BCUT2D eigenvalue weighted by Gasteiger charge is -2.37. The Balaban J connectivity index is 1.62. The molecule has 3 rings (SSSR count). The summed E-state index contributed by atoms with van der Waals surface area (Å²) in [5.74, 6) is -0.828. The number of carbonyl (C=O) groups excluding carboxylic acids is 3. The average Bonchev–Trinajstić information content (AvgIpc) is 3.14. The van der Waals surface area contributed by atoms with Gasteiger partial charge in [0.05, 0.1) is 6.61 Å². The van der Waals surface area contributed by atoms with Crippen LogP contribution < -0.4 is 10.6 Å². The summed E-state index contributed by atoms with van der Waals surface area (Å²) in [5.41, 5.74) is 10.3. The van der Waals surface area contributed by atoms with Gasteiger partial charge in [0.15, 0.2) is 0 Å². The summed E-state index contributed by atoms with van der Waals surface area (Å²) in [4.78, 5) is 44.9. The maximum atomic E-state index is 12.7. The first-order chi connectivity index (χ1) is 14.8. The van der Waals surface area contributed by atoms with Gasteiger partial charge in [-0.3, -0.25) is 14.6 Å². The van der Waals surface area contributed by atoms with Crippen molar-refractivity contribution in [2.24, 2.45) is 10.7 Å². The van der Waals surface area contributed by atoms with Crippen LogP contribution in [0.3, 0.4) is 0 Å². The van der Waals surface area contributed by atoms with E-state index in [1.54, 1.807) is 11.8 Å². The van der Waals surface area contributed by atoms with E-state index in [2.05, 4.69) is 41.9 Å². The largest absolute Gasteiger partial charge is 0.461 e. The zero-order chi connectivity index (χ0) is 22.5. The number of rotatable bonds is 5. The van der Waals surface area contributed by atoms with E-state index in [1.807, 2.05) is 0 Å². The van der Waals surface area contributed by atoms with Crippen LogP contribution in [0, 0.1) is 13.8 Å². The minimum absolute atomic E-state index is 0.0478. The summed E-state index contributed by atoms with van der Waals surface area (Å²) in [5, 5.41) is 0. The average molecular weight is 427 g/mol. The lowest BCUT2D eigenvalue weighted by molar-refractivity contribution is -0.138. The Kier molecular flexibility index (Phi) is 7.09. The predicted octanol–water partition coefficient (Wildman–Crippen LogP) is 1.53. The number of nitrogens with two attached hydrogens (primary N) is 1. The summed E-state index contributed by atoms with van der Waals surface area (Å²) in [6, 6.07) is 6.27. The van der Waals surface area contributed by atoms with Crippen molar-refractivity contribution in [1.82, 2.24) is 4.90 Å². The second-order valence-electron chi connectivity index (χ2n) is 7.85. The van der Waals surface area contributed by atoms with Gasteiger partial charge in [0.2, 0.25) is 5.91 Å². The van der Waals surface area contributed by atoms with Crippen LogP contribution >= 0.6 is 0 Å². The molecule has 0 bridgehead atoms. The number of allylic oxidation sites excluding steroid dienone is 1. The van der Waals surface area contributed by atoms with Crippen LogP contribution in [-0.2, 0) is 19.1 Å². The number of ketones is 1. The van der Waals surface area contributed by atoms with E-state index in [0.717, 1.165) is 13.1 Å². The van der Waals surface area contributed by atoms with Crippen LogP contribution in [0.25, 0.3) is 0 Å². The highest BCUT2D eigenvalue weighted by Crippen LogP contribution is 2.24. The van der Waals surface area contributed by atoms with Gasteiger partial charge in [-0.25, -0.2) is 4.79 Å². The van der Waals surface area contributed by atoms with Crippen LogP contribution in [0.1, 0.15) is 30.9 Å². The van der Waals surface area contributed by atoms with Gasteiger partial charge in [-0.1, -0.05) is 12.1 Å². The Hall–Kier alpha value is -3.16. The molecule has 0 radical (unpaired) electrons. The van der Waals surface area contributed by atoms with E-state index in [0.29, 0.717) is 24.4 Å². The minimum atomic E-state index is -0.659. The molecular weight excluding hydrogens is 396 g/mol. The SMILES string of the molecule is CCOC(=O)C(N)=C1CC(=O)CC1=NCC(=O)N1CCN(c2cccc(C)c2C)CC1. The molecule has 1 amide bonds. The van der Waals surface area contributed by atoms with Crippen molar-refractivity contribution in [3.05, 3.63) is 40.6 Å². The molecule has 1 aliphatic heterocycles. The first-order valence-corrected chi connectivity index (χ1v) is 10.6. The van der Waals surface area contributed by atoms with Crippen molar-refractivity contribution in [2.45, 2.75) is 33.6 Å². The van der Waals surface area contributed by atoms with Crippen LogP contribution in [0.2, 0.25) is 0 Å². The van der Waals surface area contributed by atoms with E-state index in [-0.39, 0.29) is 43.4 Å². The third-order valence-corrected chi connectivity index (χ3v) is 5.86. The smallest absolute Gasteiger partial charge is 0.354 e. The van der Waals surface area contributed by atoms with Gasteiger partial charge >= 0.3 is 5.97 Å². The standard InChI is InChI=1S/C23H30N4O4/c1-4-31-23(30)22(24)18-12-17(28)13-19(18)25-14-21(29)27-10-8-26(9-11-27)20-7-5-6-15(2)16(20)3/h5-7H,4,8-14,24H2,1-3H3. The molecule has 166 valence electrons. The van der Waals surface area contributed by atoms with Crippen LogP contribution in [-0.4, -0.2) is 67.6 Å². The number of carbonyl (C=O) groups is 3. The number of aliphatic imine (C=N–C) groups is 1. The molecule has 2 fully saturated rings. The summed E-state index contributed by atoms with van der Waals surface area (Å²) >= 11 is 0. The number of Topliss-reactive ketones (excluding diaryl/α,β-unsaturated/α-hetero) is 1. The molecule has 0 aromatic heterocycles. The summed E-state index contributed by atoms with van der Waals surface area (Å²) in [6.07, 6.45) is 0.134. The highest BCUT2D eigenvalue weighted by atomic mass is 16.5. The van der Waals surface area contributed by atoms with Crippen LogP contribution in [0.5, 0.6) is 0 Å². The normalized spacial score (nSPS) is 19.7. The monoisotopic (exact) mass is 426 g/mol. The fourth-order valence-electron chi connectivity index (χ4n) is 3.93. The molecule has 1 saturated heterocycles. The Morgan fingerprint density at radius 2 is 1.84 bits per heavy atom. The first kappa shape index (κ1) is 22.5. The maximum absolute atomic E-state index is 12.7. The van der Waals surface area contributed by atoms with E-state index in [4.69, 9.17) is 10.5 Å².